The standard InChI is InChI=1S/C29H35F3N6O4S/c1-20-18-23(26(39)36-13-15-37(33-2)16-14-36)7-6-21(20)8-17-43(41,42)38-11-9-28(10-12-38)27(40)34-25(35-28)22-4-3-5-24(19-22)29(30,31)32/h3-7,18-19,33H,8-17H2,1-2H3,(H,34,35,40). The van der Waals surface area contributed by atoms with Crippen LogP contribution in [0.5, 0.6) is 0 Å². The maximum absolute atomic E-state index is 13.2. The van der Waals surface area contributed by atoms with Gasteiger partial charge in [0.2, 0.25) is 10.0 Å². The van der Waals surface area contributed by atoms with Crippen LogP contribution in [-0.2, 0) is 27.4 Å². The second-order valence-corrected chi connectivity index (χ2v) is 13.2. The largest absolute Gasteiger partial charge is 0.416 e. The molecule has 43 heavy (non-hydrogen) atoms. The van der Waals surface area contributed by atoms with Gasteiger partial charge >= 0.3 is 6.18 Å². The minimum atomic E-state index is -4.53. The third kappa shape index (κ3) is 6.61. The Morgan fingerprint density at radius 2 is 1.74 bits per heavy atom. The van der Waals surface area contributed by atoms with Gasteiger partial charge in [-0.1, -0.05) is 18.2 Å². The second-order valence-electron chi connectivity index (χ2n) is 11.1. The molecule has 10 nitrogen and oxygen atoms in total. The molecule has 0 aliphatic carbocycles. The molecule has 0 radical (unpaired) electrons. The number of hydrazine groups is 1. The summed E-state index contributed by atoms with van der Waals surface area (Å²) in [6.07, 6.45) is -4.02. The van der Waals surface area contributed by atoms with Crippen molar-refractivity contribution in [2.45, 2.75) is 37.9 Å². The molecule has 2 aromatic rings. The number of sulfonamides is 1. The summed E-state index contributed by atoms with van der Waals surface area (Å²) in [5.74, 6) is -0.559. The summed E-state index contributed by atoms with van der Waals surface area (Å²) in [5, 5.41) is 4.65. The number of hydrogen-bond donors (Lipinski definition) is 2. The summed E-state index contributed by atoms with van der Waals surface area (Å²) in [7, 11) is -1.80. The van der Waals surface area contributed by atoms with Crippen LogP contribution >= 0.6 is 0 Å². The van der Waals surface area contributed by atoms with E-state index in [2.05, 4.69) is 20.7 Å². The van der Waals surface area contributed by atoms with Crippen LogP contribution in [0.4, 0.5) is 13.2 Å². The molecule has 5 rings (SSSR count). The lowest BCUT2D eigenvalue weighted by Gasteiger charge is -2.34. The van der Waals surface area contributed by atoms with Gasteiger partial charge in [-0.15, -0.1) is 0 Å². The number of piperidine rings is 1. The Balaban J connectivity index is 1.19. The van der Waals surface area contributed by atoms with Gasteiger partial charge < -0.3 is 10.2 Å². The first-order valence-electron chi connectivity index (χ1n) is 14.2. The summed E-state index contributed by atoms with van der Waals surface area (Å²) in [6.45, 7) is 4.72. The monoisotopic (exact) mass is 620 g/mol. The Bertz CT molecular complexity index is 1530. The highest BCUT2D eigenvalue weighted by Gasteiger charge is 2.47. The van der Waals surface area contributed by atoms with Gasteiger partial charge in [0.1, 0.15) is 11.4 Å². The molecule has 3 heterocycles. The molecule has 2 fully saturated rings. The number of rotatable bonds is 7. The Morgan fingerprint density at radius 1 is 1.05 bits per heavy atom. The molecule has 0 saturated carbocycles. The van der Waals surface area contributed by atoms with E-state index in [-0.39, 0.29) is 55.4 Å². The minimum Gasteiger partial charge on any atom is -0.336 e. The molecule has 232 valence electrons. The highest BCUT2D eigenvalue weighted by molar-refractivity contribution is 7.89. The van der Waals surface area contributed by atoms with E-state index in [4.69, 9.17) is 0 Å². The van der Waals surface area contributed by atoms with Crippen LogP contribution in [0.2, 0.25) is 0 Å². The van der Waals surface area contributed by atoms with Crippen LogP contribution in [0.25, 0.3) is 0 Å². The fourth-order valence-corrected chi connectivity index (χ4v) is 7.24. The number of nitrogens with zero attached hydrogens (tertiary/aromatic N) is 4. The molecule has 0 atom stereocenters. The number of piperazine rings is 1. The maximum atomic E-state index is 13.2. The van der Waals surface area contributed by atoms with Crippen LogP contribution in [0.1, 0.15) is 45.5 Å². The molecule has 2 N–H and O–H groups in total. The van der Waals surface area contributed by atoms with Gasteiger partial charge in [0.05, 0.1) is 11.3 Å². The van der Waals surface area contributed by atoms with Crippen molar-refractivity contribution in [1.29, 1.82) is 0 Å². The predicted molar refractivity (Wildman–Crippen MR) is 155 cm³/mol. The Hall–Kier alpha value is -3.33. The zero-order valence-electron chi connectivity index (χ0n) is 24.1. The number of amides is 2. The lowest BCUT2D eigenvalue weighted by Crippen LogP contribution is -2.52. The summed E-state index contributed by atoms with van der Waals surface area (Å²) < 4.78 is 67.3. The van der Waals surface area contributed by atoms with Crippen LogP contribution in [-0.4, -0.2) is 97.9 Å². The Kier molecular flexibility index (Phi) is 8.67. The topological polar surface area (TPSA) is 114 Å². The Morgan fingerprint density at radius 3 is 2.37 bits per heavy atom. The Labute approximate surface area is 249 Å². The van der Waals surface area contributed by atoms with Gasteiger partial charge in [-0.3, -0.25) is 20.0 Å². The number of amidine groups is 1. The van der Waals surface area contributed by atoms with Crippen molar-refractivity contribution in [3.8, 4) is 0 Å². The molecule has 0 aromatic heterocycles. The van der Waals surface area contributed by atoms with E-state index in [9.17, 15) is 31.2 Å². The fourth-order valence-electron chi connectivity index (χ4n) is 5.76. The number of carbonyl (C=O) groups is 2. The summed E-state index contributed by atoms with van der Waals surface area (Å²) >= 11 is 0. The molecule has 2 saturated heterocycles. The third-order valence-corrected chi connectivity index (χ3v) is 10.4. The molecule has 0 unspecified atom stereocenters. The quantitative estimate of drug-likeness (QED) is 0.491. The average molecular weight is 621 g/mol. The first-order valence-corrected chi connectivity index (χ1v) is 15.8. The molecule has 2 amide bonds. The van der Waals surface area contributed by atoms with Crippen molar-refractivity contribution in [3.63, 3.8) is 0 Å². The van der Waals surface area contributed by atoms with Gasteiger partial charge in [0.15, 0.2) is 0 Å². The van der Waals surface area contributed by atoms with Crippen molar-refractivity contribution in [3.05, 3.63) is 70.3 Å². The predicted octanol–water partition coefficient (Wildman–Crippen LogP) is 2.19. The molecule has 3 aliphatic heterocycles. The van der Waals surface area contributed by atoms with Gasteiger partial charge in [-0.05, 0) is 68.6 Å². The normalized spacial score (nSPS) is 19.9. The molecule has 3 aliphatic rings. The third-order valence-electron chi connectivity index (χ3n) is 8.49. The van der Waals surface area contributed by atoms with E-state index < -0.39 is 33.2 Å². The molecule has 2 aromatic carbocycles. The van der Waals surface area contributed by atoms with E-state index >= 15 is 0 Å². The molecular formula is C29H35F3N6O4S. The highest BCUT2D eigenvalue weighted by Crippen LogP contribution is 2.34. The zero-order chi connectivity index (χ0) is 31.0. The smallest absolute Gasteiger partial charge is 0.336 e. The minimum absolute atomic E-state index is 0.0462. The van der Waals surface area contributed by atoms with Crippen LogP contribution in [0, 0.1) is 6.92 Å². The number of aryl methyl sites for hydroxylation is 2. The van der Waals surface area contributed by atoms with Crippen molar-refractivity contribution < 1.29 is 31.2 Å². The molecular weight excluding hydrogens is 585 g/mol. The number of aliphatic imine (C=N–C) groups is 1. The molecule has 14 heteroatoms. The van der Waals surface area contributed by atoms with E-state index in [1.54, 1.807) is 18.2 Å². The van der Waals surface area contributed by atoms with Crippen molar-refractivity contribution in [1.82, 2.24) is 25.0 Å². The number of nitrogens with one attached hydrogen (secondary N) is 2. The summed E-state index contributed by atoms with van der Waals surface area (Å²) in [5.41, 5.74) is 3.42. The van der Waals surface area contributed by atoms with Crippen LogP contribution in [0.15, 0.2) is 47.5 Å². The lowest BCUT2D eigenvalue weighted by atomic mass is 9.89. The second kappa shape index (κ2) is 12.0. The SMILES string of the molecule is CNN1CCN(C(=O)c2ccc(CCS(=O)(=O)N3CCC4(CC3)N=C(c3cccc(C(F)(F)F)c3)NC4=O)c(C)c2)CC1. The summed E-state index contributed by atoms with van der Waals surface area (Å²) in [6, 6.07) is 9.94. The lowest BCUT2D eigenvalue weighted by molar-refractivity contribution is -0.137. The number of halogens is 3. The van der Waals surface area contributed by atoms with Gasteiger partial charge in [0, 0.05) is 50.4 Å². The van der Waals surface area contributed by atoms with Crippen LogP contribution < -0.4 is 10.7 Å². The fraction of sp³-hybridized carbons (Fsp3) is 0.483. The number of alkyl halides is 3. The summed E-state index contributed by atoms with van der Waals surface area (Å²) in [4.78, 5) is 32.1. The van der Waals surface area contributed by atoms with Crippen LogP contribution in [0.3, 0.4) is 0 Å². The van der Waals surface area contributed by atoms with Crippen molar-refractivity contribution in [2.75, 3.05) is 52.1 Å². The number of hydrogen-bond acceptors (Lipinski definition) is 7. The van der Waals surface area contributed by atoms with E-state index in [0.29, 0.717) is 18.7 Å². The van der Waals surface area contributed by atoms with E-state index in [1.807, 2.05) is 18.9 Å². The van der Waals surface area contributed by atoms with Gasteiger partial charge in [-0.25, -0.2) is 17.7 Å². The number of carbonyl (C=O) groups excluding carboxylic acids is 2. The molecule has 1 spiro atoms. The van der Waals surface area contributed by atoms with Gasteiger partial charge in [0.25, 0.3) is 11.8 Å². The zero-order valence-corrected chi connectivity index (χ0v) is 24.9. The number of benzene rings is 2. The van der Waals surface area contributed by atoms with E-state index in [0.717, 1.165) is 36.3 Å². The van der Waals surface area contributed by atoms with E-state index in [1.165, 1.54) is 16.4 Å². The van der Waals surface area contributed by atoms with Crippen molar-refractivity contribution in [2.24, 2.45) is 4.99 Å². The van der Waals surface area contributed by atoms with Gasteiger partial charge in [-0.2, -0.15) is 13.2 Å². The maximum Gasteiger partial charge on any atom is 0.416 e. The average Bonchev–Trinajstić information content (AvgIpc) is 3.31. The first kappa shape index (κ1) is 31.1. The highest BCUT2D eigenvalue weighted by atomic mass is 32.2. The van der Waals surface area contributed by atoms with Crippen molar-refractivity contribution >= 4 is 27.7 Å². The first-order chi connectivity index (χ1) is 20.3. The molecule has 0 bridgehead atoms.